The van der Waals surface area contributed by atoms with Crippen LogP contribution < -0.4 is 4.74 Å². The first kappa shape index (κ1) is 24.6. The second-order valence-electron chi connectivity index (χ2n) is 11.0. The average molecular weight is 568 g/mol. The van der Waals surface area contributed by atoms with Crippen LogP contribution in [0.15, 0.2) is 134 Å². The molecule has 0 spiro atoms. The van der Waals surface area contributed by atoms with Gasteiger partial charge in [0.1, 0.15) is 17.3 Å². The lowest BCUT2D eigenvalue weighted by Gasteiger charge is -2.12. The summed E-state index contributed by atoms with van der Waals surface area (Å²) in [5.41, 5.74) is 6.23. The number of rotatable bonds is 4. The molecule has 0 radical (unpaired) electrons. The van der Waals surface area contributed by atoms with Gasteiger partial charge in [-0.25, -0.2) is 4.98 Å². The highest BCUT2D eigenvalue weighted by Gasteiger charge is 2.18. The number of hydrogen-bond acceptors (Lipinski definition) is 4. The predicted octanol–water partition coefficient (Wildman–Crippen LogP) is 9.30. The quantitative estimate of drug-likeness (QED) is 0.199. The molecule has 0 fully saturated rings. The van der Waals surface area contributed by atoms with Gasteiger partial charge in [-0.15, -0.1) is 10.2 Å². The molecule has 4 aromatic heterocycles. The van der Waals surface area contributed by atoms with Crippen LogP contribution in [0.1, 0.15) is 5.56 Å². The minimum Gasteiger partial charge on any atom is -0.457 e. The van der Waals surface area contributed by atoms with E-state index in [2.05, 4.69) is 106 Å². The molecule has 0 atom stereocenters. The lowest BCUT2D eigenvalue weighted by atomic mass is 10.0. The molecule has 0 aliphatic carbocycles. The Morgan fingerprint density at radius 3 is 2.05 bits per heavy atom. The van der Waals surface area contributed by atoms with E-state index in [9.17, 15) is 0 Å². The molecule has 0 saturated carbocycles. The van der Waals surface area contributed by atoms with E-state index in [0.29, 0.717) is 0 Å². The summed E-state index contributed by atoms with van der Waals surface area (Å²) in [7, 11) is 0. The summed E-state index contributed by atoms with van der Waals surface area (Å²) in [4.78, 5) is 4.66. The van der Waals surface area contributed by atoms with E-state index in [0.717, 1.165) is 78.0 Å². The fourth-order valence-electron chi connectivity index (χ4n) is 6.47. The summed E-state index contributed by atoms with van der Waals surface area (Å²) in [6.07, 6.45) is 1.82. The van der Waals surface area contributed by atoms with E-state index < -0.39 is 0 Å². The highest BCUT2D eigenvalue weighted by atomic mass is 16.5. The molecule has 5 aromatic carbocycles. The van der Waals surface area contributed by atoms with E-state index >= 15 is 0 Å². The van der Waals surface area contributed by atoms with Gasteiger partial charge in [0.05, 0.1) is 16.6 Å². The number of hydrogen-bond donors (Lipinski definition) is 0. The van der Waals surface area contributed by atoms with Crippen molar-refractivity contribution in [2.45, 2.75) is 6.92 Å². The minimum atomic E-state index is 0.731. The third kappa shape index (κ3) is 3.64. The van der Waals surface area contributed by atoms with Crippen molar-refractivity contribution in [1.82, 2.24) is 24.1 Å². The first-order valence-electron chi connectivity index (χ1n) is 14.6. The number of ether oxygens (including phenoxy) is 1. The number of pyridine rings is 2. The summed E-state index contributed by atoms with van der Waals surface area (Å²) in [5.74, 6) is 3.17. The molecule has 0 aliphatic heterocycles. The fourth-order valence-corrected chi connectivity index (χ4v) is 6.47. The largest absolute Gasteiger partial charge is 0.457 e. The number of aryl methyl sites for hydroxylation is 1. The molecule has 0 amide bonds. The Morgan fingerprint density at radius 1 is 0.545 bits per heavy atom. The lowest BCUT2D eigenvalue weighted by Crippen LogP contribution is -1.96. The Morgan fingerprint density at radius 2 is 1.23 bits per heavy atom. The van der Waals surface area contributed by atoms with Crippen molar-refractivity contribution in [2.75, 3.05) is 0 Å². The molecule has 0 N–H and O–H groups in total. The second kappa shape index (κ2) is 9.51. The first-order chi connectivity index (χ1) is 21.7. The Hall–Kier alpha value is -6.01. The van der Waals surface area contributed by atoms with Crippen LogP contribution in [-0.2, 0) is 0 Å². The molecule has 9 rings (SSSR count). The van der Waals surface area contributed by atoms with Crippen LogP contribution in [0.5, 0.6) is 11.5 Å². The maximum absolute atomic E-state index is 6.56. The van der Waals surface area contributed by atoms with Crippen molar-refractivity contribution >= 4 is 49.1 Å². The highest BCUT2D eigenvalue weighted by molar-refractivity contribution is 6.13. The number of benzene rings is 5. The van der Waals surface area contributed by atoms with Gasteiger partial charge < -0.3 is 4.74 Å². The lowest BCUT2D eigenvalue weighted by molar-refractivity contribution is 0.484. The van der Waals surface area contributed by atoms with E-state index in [1.54, 1.807) is 0 Å². The number of nitrogens with zero attached hydrogens (tertiary/aromatic N) is 5. The van der Waals surface area contributed by atoms with Crippen molar-refractivity contribution in [2.24, 2.45) is 0 Å². The summed E-state index contributed by atoms with van der Waals surface area (Å²) in [6.45, 7) is 2.11. The number of para-hydroxylation sites is 2. The van der Waals surface area contributed by atoms with Crippen molar-refractivity contribution in [3.05, 3.63) is 139 Å². The Bertz CT molecular complexity index is 2550. The average Bonchev–Trinajstić information content (AvgIpc) is 3.65. The Kier molecular flexibility index (Phi) is 5.31. The maximum Gasteiger partial charge on any atom is 0.169 e. The number of fused-ring (bicyclic) bond motifs is 9. The molecular formula is C38H25N5O. The molecule has 0 aliphatic rings. The Balaban J connectivity index is 1.22. The van der Waals surface area contributed by atoms with Crippen LogP contribution in [0.25, 0.3) is 66.3 Å². The SMILES string of the molecule is Cc1ccccc1-c1nnc2c3cc(Oc4ccc5c6ccccc6n(-c6ccccn6)c5c4)ccc3c3ccccc3n12. The highest BCUT2D eigenvalue weighted by Crippen LogP contribution is 2.38. The van der Waals surface area contributed by atoms with E-state index in [1.165, 1.54) is 5.39 Å². The van der Waals surface area contributed by atoms with Gasteiger partial charge in [0, 0.05) is 39.4 Å². The van der Waals surface area contributed by atoms with Crippen molar-refractivity contribution in [1.29, 1.82) is 0 Å². The van der Waals surface area contributed by atoms with Crippen LogP contribution in [0.4, 0.5) is 0 Å². The van der Waals surface area contributed by atoms with Crippen molar-refractivity contribution in [3.63, 3.8) is 0 Å². The summed E-state index contributed by atoms with van der Waals surface area (Å²) in [6, 6.07) is 43.6. The molecular weight excluding hydrogens is 542 g/mol. The zero-order valence-electron chi connectivity index (χ0n) is 23.8. The van der Waals surface area contributed by atoms with Crippen molar-refractivity contribution < 1.29 is 4.74 Å². The third-order valence-corrected chi connectivity index (χ3v) is 8.48. The first-order valence-corrected chi connectivity index (χ1v) is 14.6. The smallest absolute Gasteiger partial charge is 0.169 e. The van der Waals surface area contributed by atoms with Gasteiger partial charge in [-0.1, -0.05) is 66.7 Å². The molecule has 208 valence electrons. The van der Waals surface area contributed by atoms with Gasteiger partial charge in [0.25, 0.3) is 0 Å². The monoisotopic (exact) mass is 567 g/mol. The Labute approximate surface area is 252 Å². The normalized spacial score (nSPS) is 11.8. The molecule has 44 heavy (non-hydrogen) atoms. The van der Waals surface area contributed by atoms with Gasteiger partial charge in [-0.3, -0.25) is 8.97 Å². The summed E-state index contributed by atoms with van der Waals surface area (Å²) >= 11 is 0. The molecule has 0 bridgehead atoms. The van der Waals surface area contributed by atoms with Gasteiger partial charge >= 0.3 is 0 Å². The molecule has 4 heterocycles. The maximum atomic E-state index is 6.56. The van der Waals surface area contributed by atoms with E-state index in [4.69, 9.17) is 14.9 Å². The predicted molar refractivity (Wildman–Crippen MR) is 177 cm³/mol. The number of aromatic nitrogens is 5. The standard InChI is InChI=1S/C38H25N5O/c1-24-10-2-3-11-27(24)37-40-41-38-32-22-25(17-19-28(32)29-12-4-7-15-34(29)43(37)38)44-26-18-20-31-30-13-5-6-14-33(30)42(35(31)23-26)36-16-8-9-21-39-36/h2-23H,1H3. The minimum absolute atomic E-state index is 0.731. The zero-order valence-corrected chi connectivity index (χ0v) is 23.8. The fraction of sp³-hybridized carbons (Fsp3) is 0.0263. The van der Waals surface area contributed by atoms with Gasteiger partial charge in [-0.2, -0.15) is 0 Å². The summed E-state index contributed by atoms with van der Waals surface area (Å²) in [5, 5.41) is 15.0. The molecule has 6 heteroatoms. The molecule has 6 nitrogen and oxygen atoms in total. The second-order valence-corrected chi connectivity index (χ2v) is 11.0. The van der Waals surface area contributed by atoms with Gasteiger partial charge in [0.2, 0.25) is 0 Å². The van der Waals surface area contributed by atoms with Gasteiger partial charge in [0.15, 0.2) is 11.5 Å². The third-order valence-electron chi connectivity index (χ3n) is 8.48. The van der Waals surface area contributed by atoms with Crippen LogP contribution in [-0.4, -0.2) is 24.1 Å². The molecule has 0 saturated heterocycles. The van der Waals surface area contributed by atoms with Crippen LogP contribution >= 0.6 is 0 Å². The van der Waals surface area contributed by atoms with Crippen LogP contribution in [0.3, 0.4) is 0 Å². The zero-order chi connectivity index (χ0) is 29.2. The molecule has 0 unspecified atom stereocenters. The van der Waals surface area contributed by atoms with E-state index in [-0.39, 0.29) is 0 Å². The topological polar surface area (TPSA) is 57.2 Å². The van der Waals surface area contributed by atoms with Crippen molar-refractivity contribution in [3.8, 4) is 28.7 Å². The van der Waals surface area contributed by atoms with Crippen LogP contribution in [0, 0.1) is 6.92 Å². The summed E-state index contributed by atoms with van der Waals surface area (Å²) < 4.78 is 10.9. The van der Waals surface area contributed by atoms with Gasteiger partial charge in [-0.05, 0) is 72.5 Å². The molecule has 9 aromatic rings. The van der Waals surface area contributed by atoms with E-state index in [1.807, 2.05) is 48.7 Å². The van der Waals surface area contributed by atoms with Crippen LogP contribution in [0.2, 0.25) is 0 Å².